The summed E-state index contributed by atoms with van der Waals surface area (Å²) in [6, 6.07) is 5.57. The molecule has 2 N–H and O–H groups in total. The largest absolute Gasteiger partial charge is 0.497 e. The van der Waals surface area contributed by atoms with Crippen LogP contribution >= 0.6 is 0 Å². The maximum Gasteiger partial charge on any atom is 0.403 e. The Bertz CT molecular complexity index is 352. The minimum Gasteiger partial charge on any atom is -0.497 e. The normalized spacial score (nSPS) is 13.5. The van der Waals surface area contributed by atoms with E-state index in [0.29, 0.717) is 18.6 Å². The van der Waals surface area contributed by atoms with Crippen molar-refractivity contribution in [1.82, 2.24) is 0 Å². The third-order valence-corrected chi connectivity index (χ3v) is 2.54. The molecule has 5 heteroatoms. The van der Waals surface area contributed by atoms with Crippen LogP contribution in [0.1, 0.15) is 18.4 Å². The van der Waals surface area contributed by atoms with Crippen molar-refractivity contribution < 1.29 is 17.9 Å². The van der Waals surface area contributed by atoms with Crippen molar-refractivity contribution in [3.8, 4) is 5.75 Å². The highest BCUT2D eigenvalue weighted by Gasteiger charge is 2.35. The van der Waals surface area contributed by atoms with Gasteiger partial charge in [-0.2, -0.15) is 13.2 Å². The number of methoxy groups -OCH3 is 1. The van der Waals surface area contributed by atoms with Gasteiger partial charge < -0.3 is 10.5 Å². The SMILES string of the molecule is COc1cccc(CCC[C@H](N)C(F)(F)F)c1. The van der Waals surface area contributed by atoms with Gasteiger partial charge in [0.1, 0.15) is 11.8 Å². The zero-order chi connectivity index (χ0) is 12.9. The molecule has 1 aromatic rings. The number of hydrogen-bond donors (Lipinski definition) is 1. The van der Waals surface area contributed by atoms with Gasteiger partial charge in [0.25, 0.3) is 0 Å². The molecule has 0 heterocycles. The van der Waals surface area contributed by atoms with Crippen LogP contribution in [0.5, 0.6) is 5.75 Å². The summed E-state index contributed by atoms with van der Waals surface area (Å²) in [7, 11) is 1.55. The molecule has 1 aromatic carbocycles. The number of rotatable bonds is 5. The summed E-state index contributed by atoms with van der Waals surface area (Å²) in [5.41, 5.74) is 5.98. The van der Waals surface area contributed by atoms with Gasteiger partial charge in [-0.15, -0.1) is 0 Å². The molecule has 0 unspecified atom stereocenters. The van der Waals surface area contributed by atoms with Gasteiger partial charge in [-0.3, -0.25) is 0 Å². The predicted octanol–water partition coefficient (Wildman–Crippen LogP) is 2.91. The van der Waals surface area contributed by atoms with Gasteiger partial charge >= 0.3 is 6.18 Å². The maximum atomic E-state index is 12.1. The molecule has 0 aliphatic heterocycles. The van der Waals surface area contributed by atoms with Gasteiger partial charge in [-0.25, -0.2) is 0 Å². The van der Waals surface area contributed by atoms with Crippen LogP contribution in [0.3, 0.4) is 0 Å². The summed E-state index contributed by atoms with van der Waals surface area (Å²) >= 11 is 0. The first kappa shape index (κ1) is 13.8. The van der Waals surface area contributed by atoms with E-state index in [9.17, 15) is 13.2 Å². The molecular weight excluding hydrogens is 231 g/mol. The second-order valence-electron chi connectivity index (χ2n) is 3.89. The Morgan fingerprint density at radius 2 is 2.06 bits per heavy atom. The number of ether oxygens (including phenoxy) is 1. The van der Waals surface area contributed by atoms with Crippen LogP contribution in [-0.4, -0.2) is 19.3 Å². The van der Waals surface area contributed by atoms with Crippen LogP contribution in [0.2, 0.25) is 0 Å². The Hall–Kier alpha value is -1.23. The molecule has 0 saturated heterocycles. The lowest BCUT2D eigenvalue weighted by Gasteiger charge is -2.15. The van der Waals surface area contributed by atoms with E-state index < -0.39 is 12.2 Å². The van der Waals surface area contributed by atoms with E-state index in [1.807, 2.05) is 18.2 Å². The average molecular weight is 247 g/mol. The molecule has 96 valence electrons. The lowest BCUT2D eigenvalue weighted by molar-refractivity contribution is -0.149. The van der Waals surface area contributed by atoms with Crippen LogP contribution in [-0.2, 0) is 6.42 Å². The smallest absolute Gasteiger partial charge is 0.403 e. The molecule has 0 amide bonds. The number of hydrogen-bond acceptors (Lipinski definition) is 2. The summed E-state index contributed by atoms with van der Waals surface area (Å²) in [4.78, 5) is 0. The summed E-state index contributed by atoms with van der Waals surface area (Å²) in [5, 5.41) is 0. The van der Waals surface area contributed by atoms with E-state index in [4.69, 9.17) is 10.5 Å². The van der Waals surface area contributed by atoms with E-state index in [-0.39, 0.29) is 6.42 Å². The van der Waals surface area contributed by atoms with E-state index in [0.717, 1.165) is 5.56 Å². The van der Waals surface area contributed by atoms with Crippen molar-refractivity contribution in [3.05, 3.63) is 29.8 Å². The van der Waals surface area contributed by atoms with Crippen molar-refractivity contribution in [2.45, 2.75) is 31.5 Å². The molecule has 1 rings (SSSR count). The predicted molar refractivity (Wildman–Crippen MR) is 60.0 cm³/mol. The van der Waals surface area contributed by atoms with Gasteiger partial charge in [-0.1, -0.05) is 12.1 Å². The van der Waals surface area contributed by atoms with Gasteiger partial charge in [0.15, 0.2) is 0 Å². The Morgan fingerprint density at radius 1 is 1.35 bits per heavy atom. The van der Waals surface area contributed by atoms with Crippen LogP contribution < -0.4 is 10.5 Å². The van der Waals surface area contributed by atoms with Gasteiger partial charge in [0.05, 0.1) is 7.11 Å². The second kappa shape index (κ2) is 5.91. The van der Waals surface area contributed by atoms with E-state index in [1.165, 1.54) is 0 Å². The van der Waals surface area contributed by atoms with Crippen molar-refractivity contribution in [2.75, 3.05) is 7.11 Å². The molecule has 0 saturated carbocycles. The molecule has 0 bridgehead atoms. The fourth-order valence-corrected chi connectivity index (χ4v) is 1.52. The fraction of sp³-hybridized carbons (Fsp3) is 0.500. The highest BCUT2D eigenvalue weighted by molar-refractivity contribution is 5.28. The van der Waals surface area contributed by atoms with Crippen molar-refractivity contribution in [2.24, 2.45) is 5.73 Å². The van der Waals surface area contributed by atoms with Crippen LogP contribution in [0.25, 0.3) is 0 Å². The molecule has 0 radical (unpaired) electrons. The number of benzene rings is 1. The third-order valence-electron chi connectivity index (χ3n) is 2.54. The Balaban J connectivity index is 2.40. The van der Waals surface area contributed by atoms with Crippen molar-refractivity contribution in [3.63, 3.8) is 0 Å². The monoisotopic (exact) mass is 247 g/mol. The van der Waals surface area contributed by atoms with Crippen molar-refractivity contribution >= 4 is 0 Å². The average Bonchev–Trinajstić information content (AvgIpc) is 2.28. The van der Waals surface area contributed by atoms with Crippen LogP contribution in [0, 0.1) is 0 Å². The minimum absolute atomic E-state index is 0.0549. The lowest BCUT2D eigenvalue weighted by atomic mass is 10.0. The first-order valence-electron chi connectivity index (χ1n) is 5.38. The highest BCUT2D eigenvalue weighted by atomic mass is 19.4. The Morgan fingerprint density at radius 3 is 2.65 bits per heavy atom. The molecule has 0 aromatic heterocycles. The molecule has 17 heavy (non-hydrogen) atoms. The third kappa shape index (κ3) is 4.65. The first-order valence-corrected chi connectivity index (χ1v) is 5.38. The zero-order valence-corrected chi connectivity index (χ0v) is 9.63. The Labute approximate surface area is 98.6 Å². The standard InChI is InChI=1S/C12H16F3NO/c1-17-10-6-2-4-9(8-10)5-3-7-11(16)12(13,14)15/h2,4,6,8,11H,3,5,7,16H2,1H3/t11-/m0/s1. The minimum atomic E-state index is -4.30. The van der Waals surface area contributed by atoms with Crippen molar-refractivity contribution in [1.29, 1.82) is 0 Å². The molecule has 0 aliphatic carbocycles. The molecule has 2 nitrogen and oxygen atoms in total. The molecule has 0 spiro atoms. The summed E-state index contributed by atoms with van der Waals surface area (Å²) in [5.74, 6) is 0.711. The molecule has 0 fully saturated rings. The summed E-state index contributed by atoms with van der Waals surface area (Å²) < 4.78 is 41.5. The highest BCUT2D eigenvalue weighted by Crippen LogP contribution is 2.22. The van der Waals surface area contributed by atoms with Gasteiger partial charge in [0.2, 0.25) is 0 Å². The zero-order valence-electron chi connectivity index (χ0n) is 9.63. The van der Waals surface area contributed by atoms with Gasteiger partial charge in [0, 0.05) is 0 Å². The lowest BCUT2D eigenvalue weighted by Crippen LogP contribution is -2.37. The van der Waals surface area contributed by atoms with Gasteiger partial charge in [-0.05, 0) is 37.0 Å². The van der Waals surface area contributed by atoms with E-state index >= 15 is 0 Å². The number of alkyl halides is 3. The molecule has 1 atom stereocenters. The topological polar surface area (TPSA) is 35.2 Å². The molecular formula is C12H16F3NO. The summed E-state index contributed by atoms with van der Waals surface area (Å²) in [6.07, 6.45) is -3.37. The van der Waals surface area contributed by atoms with Crippen LogP contribution in [0.4, 0.5) is 13.2 Å². The first-order chi connectivity index (χ1) is 7.93. The van der Waals surface area contributed by atoms with E-state index in [1.54, 1.807) is 13.2 Å². The second-order valence-corrected chi connectivity index (χ2v) is 3.89. The summed E-state index contributed by atoms with van der Waals surface area (Å²) in [6.45, 7) is 0. The Kier molecular flexibility index (Phi) is 4.81. The number of halogens is 3. The fourth-order valence-electron chi connectivity index (χ4n) is 1.52. The number of aryl methyl sites for hydroxylation is 1. The quantitative estimate of drug-likeness (QED) is 0.868. The van der Waals surface area contributed by atoms with E-state index in [2.05, 4.69) is 0 Å². The maximum absolute atomic E-state index is 12.1. The number of nitrogens with two attached hydrogens (primary N) is 1. The molecule has 0 aliphatic rings. The van der Waals surface area contributed by atoms with Crippen LogP contribution in [0.15, 0.2) is 24.3 Å².